The van der Waals surface area contributed by atoms with Gasteiger partial charge in [0.2, 0.25) is 5.91 Å². The van der Waals surface area contributed by atoms with Crippen molar-refractivity contribution in [3.05, 3.63) is 11.9 Å². The molecular formula is C13H21N5O. The molecule has 0 aliphatic carbocycles. The van der Waals surface area contributed by atoms with Crippen LogP contribution in [0.3, 0.4) is 0 Å². The zero-order chi connectivity index (χ0) is 13.7. The molecule has 6 nitrogen and oxygen atoms in total. The first-order chi connectivity index (χ1) is 9.19. The Morgan fingerprint density at radius 3 is 3.11 bits per heavy atom. The fraction of sp³-hybridized carbons (Fsp3) is 0.615. The molecule has 0 radical (unpaired) electrons. The summed E-state index contributed by atoms with van der Waals surface area (Å²) in [5, 5.41) is 6.13. The van der Waals surface area contributed by atoms with Gasteiger partial charge in [0.15, 0.2) is 0 Å². The highest BCUT2D eigenvalue weighted by atomic mass is 16.2. The number of nitrogens with one attached hydrogen (secondary N) is 2. The number of aryl methyl sites for hydroxylation is 1. The number of hydrogen-bond donors (Lipinski definition) is 2. The standard InChI is InChI=1S/C13H21N5O/c1-3-5-14-11-8-12(17-10(2)16-11)18-7-4-6-15-13(19)9-18/h8H,3-7,9H2,1-2H3,(H,15,19)(H,14,16,17). The first kappa shape index (κ1) is 13.6. The number of rotatable bonds is 4. The van der Waals surface area contributed by atoms with Gasteiger partial charge in [0.05, 0.1) is 6.54 Å². The average Bonchev–Trinajstić information content (AvgIpc) is 2.60. The van der Waals surface area contributed by atoms with E-state index in [4.69, 9.17) is 0 Å². The summed E-state index contributed by atoms with van der Waals surface area (Å²) in [6.45, 7) is 6.81. The SMILES string of the molecule is CCCNc1cc(N2CCCNC(=O)C2)nc(C)n1. The molecular weight excluding hydrogens is 242 g/mol. The van der Waals surface area contributed by atoms with Crippen LogP contribution in [0.15, 0.2) is 6.07 Å². The zero-order valence-corrected chi connectivity index (χ0v) is 11.6. The van der Waals surface area contributed by atoms with E-state index >= 15 is 0 Å². The van der Waals surface area contributed by atoms with E-state index in [1.165, 1.54) is 0 Å². The van der Waals surface area contributed by atoms with Crippen LogP contribution in [0.5, 0.6) is 0 Å². The van der Waals surface area contributed by atoms with E-state index < -0.39 is 0 Å². The van der Waals surface area contributed by atoms with Crippen molar-refractivity contribution < 1.29 is 4.79 Å². The molecule has 104 valence electrons. The topological polar surface area (TPSA) is 70.2 Å². The number of amides is 1. The number of anilines is 2. The third kappa shape index (κ3) is 3.81. The Morgan fingerprint density at radius 2 is 2.32 bits per heavy atom. The molecule has 1 aromatic heterocycles. The minimum atomic E-state index is 0.0526. The van der Waals surface area contributed by atoms with Crippen LogP contribution in [0.2, 0.25) is 0 Å². The third-order valence-corrected chi connectivity index (χ3v) is 2.97. The van der Waals surface area contributed by atoms with Gasteiger partial charge >= 0.3 is 0 Å². The Balaban J connectivity index is 2.17. The molecule has 6 heteroatoms. The largest absolute Gasteiger partial charge is 0.370 e. The van der Waals surface area contributed by atoms with Crippen LogP contribution >= 0.6 is 0 Å². The Hall–Kier alpha value is -1.85. The minimum Gasteiger partial charge on any atom is -0.370 e. The van der Waals surface area contributed by atoms with Gasteiger partial charge in [0, 0.05) is 25.7 Å². The molecule has 0 bridgehead atoms. The quantitative estimate of drug-likeness (QED) is 0.846. The number of carbonyl (C=O) groups is 1. The highest BCUT2D eigenvalue weighted by Gasteiger charge is 2.17. The summed E-state index contributed by atoms with van der Waals surface area (Å²) in [6, 6.07) is 1.92. The monoisotopic (exact) mass is 263 g/mol. The molecule has 1 aliphatic heterocycles. The molecule has 0 atom stereocenters. The van der Waals surface area contributed by atoms with Crippen LogP contribution in [0.4, 0.5) is 11.6 Å². The first-order valence-electron chi connectivity index (χ1n) is 6.80. The lowest BCUT2D eigenvalue weighted by Gasteiger charge is -2.21. The fourth-order valence-corrected chi connectivity index (χ4v) is 2.06. The Labute approximate surface area is 113 Å². The number of nitrogens with zero attached hydrogens (tertiary/aromatic N) is 3. The van der Waals surface area contributed by atoms with Crippen molar-refractivity contribution in [1.29, 1.82) is 0 Å². The Kier molecular flexibility index (Phi) is 4.54. The van der Waals surface area contributed by atoms with Gasteiger partial charge in [0.1, 0.15) is 17.5 Å². The van der Waals surface area contributed by atoms with E-state index in [0.29, 0.717) is 6.54 Å². The summed E-state index contributed by atoms with van der Waals surface area (Å²) in [5.74, 6) is 2.43. The highest BCUT2D eigenvalue weighted by Crippen LogP contribution is 2.16. The normalized spacial score (nSPS) is 15.9. The van der Waals surface area contributed by atoms with Gasteiger partial charge in [-0.05, 0) is 19.8 Å². The first-order valence-corrected chi connectivity index (χ1v) is 6.80. The molecule has 0 saturated carbocycles. The van der Waals surface area contributed by atoms with Crippen molar-refractivity contribution in [1.82, 2.24) is 15.3 Å². The Bertz CT molecular complexity index is 449. The van der Waals surface area contributed by atoms with Crippen LogP contribution < -0.4 is 15.5 Å². The summed E-state index contributed by atoms with van der Waals surface area (Å²) in [6.07, 6.45) is 1.98. The molecule has 19 heavy (non-hydrogen) atoms. The van der Waals surface area contributed by atoms with Crippen molar-refractivity contribution in [2.24, 2.45) is 0 Å². The molecule has 0 aromatic carbocycles. The maximum atomic E-state index is 11.6. The minimum absolute atomic E-state index is 0.0526. The van der Waals surface area contributed by atoms with E-state index in [9.17, 15) is 4.79 Å². The van der Waals surface area contributed by atoms with E-state index in [2.05, 4.69) is 27.5 Å². The van der Waals surface area contributed by atoms with Crippen LogP contribution in [0.25, 0.3) is 0 Å². The van der Waals surface area contributed by atoms with E-state index in [1.807, 2.05) is 17.9 Å². The predicted molar refractivity (Wildman–Crippen MR) is 75.4 cm³/mol. The lowest BCUT2D eigenvalue weighted by molar-refractivity contribution is -0.119. The van der Waals surface area contributed by atoms with Crippen LogP contribution in [0, 0.1) is 6.92 Å². The van der Waals surface area contributed by atoms with E-state index in [0.717, 1.165) is 49.9 Å². The highest BCUT2D eigenvalue weighted by molar-refractivity contribution is 5.81. The smallest absolute Gasteiger partial charge is 0.239 e. The number of hydrogen-bond acceptors (Lipinski definition) is 5. The van der Waals surface area contributed by atoms with Crippen LogP contribution in [0.1, 0.15) is 25.6 Å². The maximum absolute atomic E-state index is 11.6. The summed E-state index contributed by atoms with van der Waals surface area (Å²) < 4.78 is 0. The number of aromatic nitrogens is 2. The van der Waals surface area contributed by atoms with Crippen LogP contribution in [-0.4, -0.2) is 42.1 Å². The van der Waals surface area contributed by atoms with E-state index in [-0.39, 0.29) is 5.91 Å². The van der Waals surface area contributed by atoms with Crippen molar-refractivity contribution in [3.63, 3.8) is 0 Å². The second-order valence-electron chi connectivity index (χ2n) is 4.71. The second-order valence-corrected chi connectivity index (χ2v) is 4.71. The van der Waals surface area contributed by atoms with Gasteiger partial charge in [-0.2, -0.15) is 0 Å². The molecule has 1 saturated heterocycles. The molecule has 2 N–H and O–H groups in total. The molecule has 2 heterocycles. The summed E-state index contributed by atoms with van der Waals surface area (Å²) >= 11 is 0. The van der Waals surface area contributed by atoms with Crippen molar-refractivity contribution in [3.8, 4) is 0 Å². The fourth-order valence-electron chi connectivity index (χ4n) is 2.06. The predicted octanol–water partition coefficient (Wildman–Crippen LogP) is 0.933. The molecule has 0 spiro atoms. The van der Waals surface area contributed by atoms with Gasteiger partial charge in [-0.15, -0.1) is 0 Å². The van der Waals surface area contributed by atoms with E-state index in [1.54, 1.807) is 0 Å². The zero-order valence-electron chi connectivity index (χ0n) is 11.6. The van der Waals surface area contributed by atoms with Crippen LogP contribution in [-0.2, 0) is 4.79 Å². The molecule has 1 aliphatic rings. The van der Waals surface area contributed by atoms with Gasteiger partial charge in [0.25, 0.3) is 0 Å². The van der Waals surface area contributed by atoms with Gasteiger partial charge in [-0.1, -0.05) is 6.92 Å². The summed E-state index contributed by atoms with van der Waals surface area (Å²) in [4.78, 5) is 22.4. The third-order valence-electron chi connectivity index (χ3n) is 2.97. The van der Waals surface area contributed by atoms with Gasteiger partial charge < -0.3 is 15.5 Å². The summed E-state index contributed by atoms with van der Waals surface area (Å²) in [5.41, 5.74) is 0. The van der Waals surface area contributed by atoms with Crippen molar-refractivity contribution >= 4 is 17.5 Å². The lowest BCUT2D eigenvalue weighted by atomic mass is 10.3. The number of carbonyl (C=O) groups excluding carboxylic acids is 1. The molecule has 1 amide bonds. The Morgan fingerprint density at radius 1 is 1.47 bits per heavy atom. The van der Waals surface area contributed by atoms with Crippen molar-refractivity contribution in [2.45, 2.75) is 26.7 Å². The average molecular weight is 263 g/mol. The molecule has 1 aromatic rings. The molecule has 1 fully saturated rings. The van der Waals surface area contributed by atoms with Gasteiger partial charge in [-0.3, -0.25) is 4.79 Å². The maximum Gasteiger partial charge on any atom is 0.239 e. The van der Waals surface area contributed by atoms with Crippen molar-refractivity contribution in [2.75, 3.05) is 36.4 Å². The molecule has 2 rings (SSSR count). The molecule has 0 unspecified atom stereocenters. The summed E-state index contributed by atoms with van der Waals surface area (Å²) in [7, 11) is 0. The van der Waals surface area contributed by atoms with Gasteiger partial charge in [-0.25, -0.2) is 9.97 Å². The second kappa shape index (κ2) is 6.36. The lowest BCUT2D eigenvalue weighted by Crippen LogP contribution is -2.33.